The number of likely N-dealkylation sites (tertiary alicyclic amines) is 1. The standard InChI is InChI=1S/C19H34N4O2/c1-6-7-15(2)17(20-3)18(22(4)5)19(25)21-14-16-8-10-23(11-9-16)12-13-24/h16,24H,2-3,6-14H2,1,4-5H3,(H,21,25)/b18-17+. The Bertz CT molecular complexity index is 492. The van der Waals surface area contributed by atoms with E-state index in [1.807, 2.05) is 14.1 Å². The van der Waals surface area contributed by atoms with E-state index in [-0.39, 0.29) is 12.5 Å². The van der Waals surface area contributed by atoms with Crippen LogP contribution in [0.15, 0.2) is 28.5 Å². The predicted octanol–water partition coefficient (Wildman–Crippen LogP) is 1.64. The SMILES string of the molecule is C=N/C(C(=C)CCC)=C(\C(=O)NCC1CCN(CCO)CC1)N(C)C. The van der Waals surface area contributed by atoms with Crippen molar-refractivity contribution in [3.05, 3.63) is 23.5 Å². The Hall–Kier alpha value is -1.66. The number of hydrogen-bond acceptors (Lipinski definition) is 5. The van der Waals surface area contributed by atoms with Gasteiger partial charge in [0, 0.05) is 27.2 Å². The van der Waals surface area contributed by atoms with E-state index in [1.165, 1.54) is 0 Å². The molecule has 0 aromatic rings. The Labute approximate surface area is 152 Å². The molecule has 142 valence electrons. The highest BCUT2D eigenvalue weighted by Crippen LogP contribution is 2.21. The lowest BCUT2D eigenvalue weighted by Crippen LogP contribution is -2.41. The second-order valence-electron chi connectivity index (χ2n) is 6.82. The maximum absolute atomic E-state index is 12.7. The maximum atomic E-state index is 12.7. The van der Waals surface area contributed by atoms with Gasteiger partial charge < -0.3 is 20.2 Å². The minimum Gasteiger partial charge on any atom is -0.395 e. The van der Waals surface area contributed by atoms with Gasteiger partial charge in [0.2, 0.25) is 0 Å². The Morgan fingerprint density at radius 1 is 1.36 bits per heavy atom. The highest BCUT2D eigenvalue weighted by Gasteiger charge is 2.22. The third kappa shape index (κ3) is 6.63. The van der Waals surface area contributed by atoms with E-state index in [9.17, 15) is 4.79 Å². The lowest BCUT2D eigenvalue weighted by Gasteiger charge is -2.31. The van der Waals surface area contributed by atoms with Crippen LogP contribution in [0.4, 0.5) is 0 Å². The van der Waals surface area contributed by atoms with Crippen molar-refractivity contribution in [1.29, 1.82) is 0 Å². The van der Waals surface area contributed by atoms with Gasteiger partial charge in [-0.3, -0.25) is 9.79 Å². The average Bonchev–Trinajstić information content (AvgIpc) is 2.58. The zero-order valence-electron chi connectivity index (χ0n) is 16.1. The lowest BCUT2D eigenvalue weighted by molar-refractivity contribution is -0.119. The Morgan fingerprint density at radius 3 is 2.48 bits per heavy atom. The van der Waals surface area contributed by atoms with E-state index in [0.29, 0.717) is 23.9 Å². The zero-order valence-corrected chi connectivity index (χ0v) is 16.1. The summed E-state index contributed by atoms with van der Waals surface area (Å²) in [6.45, 7) is 13.3. The van der Waals surface area contributed by atoms with Gasteiger partial charge in [-0.15, -0.1) is 0 Å². The number of likely N-dealkylation sites (N-methyl/N-ethyl adjacent to an activating group) is 1. The summed E-state index contributed by atoms with van der Waals surface area (Å²) in [6.07, 6.45) is 3.82. The molecule has 0 aromatic heterocycles. The minimum absolute atomic E-state index is 0.123. The zero-order chi connectivity index (χ0) is 18.8. The summed E-state index contributed by atoms with van der Waals surface area (Å²) in [7, 11) is 3.68. The molecule has 1 rings (SSSR count). The molecule has 1 saturated heterocycles. The van der Waals surface area contributed by atoms with Gasteiger partial charge in [-0.25, -0.2) is 0 Å². The van der Waals surface area contributed by atoms with E-state index in [4.69, 9.17) is 5.11 Å². The number of hydrogen-bond donors (Lipinski definition) is 2. The molecule has 0 atom stereocenters. The van der Waals surface area contributed by atoms with Crippen LogP contribution in [0.2, 0.25) is 0 Å². The minimum atomic E-state index is -0.123. The molecular formula is C19H34N4O2. The molecule has 0 saturated carbocycles. The van der Waals surface area contributed by atoms with E-state index in [1.54, 1.807) is 4.90 Å². The van der Waals surface area contributed by atoms with Crippen molar-refractivity contribution in [2.24, 2.45) is 10.9 Å². The molecule has 0 bridgehead atoms. The summed E-state index contributed by atoms with van der Waals surface area (Å²) in [5.74, 6) is 0.351. The number of carbonyl (C=O) groups excluding carboxylic acids is 1. The van der Waals surface area contributed by atoms with Crippen molar-refractivity contribution < 1.29 is 9.90 Å². The highest BCUT2D eigenvalue weighted by atomic mass is 16.3. The quantitative estimate of drug-likeness (QED) is 0.357. The summed E-state index contributed by atoms with van der Waals surface area (Å²) in [4.78, 5) is 20.8. The van der Waals surface area contributed by atoms with Crippen LogP contribution in [0.5, 0.6) is 0 Å². The third-order valence-electron chi connectivity index (χ3n) is 4.61. The number of β-amino-alcohol motifs (C(OH)–C–C–N with tert-alkyl or cyclic N) is 1. The number of nitrogens with one attached hydrogen (secondary N) is 1. The molecule has 1 aliphatic rings. The van der Waals surface area contributed by atoms with Gasteiger partial charge in [0.25, 0.3) is 5.91 Å². The maximum Gasteiger partial charge on any atom is 0.269 e. The van der Waals surface area contributed by atoms with Crippen molar-refractivity contribution in [3.8, 4) is 0 Å². The van der Waals surface area contributed by atoms with E-state index in [2.05, 4.69) is 35.4 Å². The molecule has 6 heteroatoms. The monoisotopic (exact) mass is 350 g/mol. The summed E-state index contributed by atoms with van der Waals surface area (Å²) in [5, 5.41) is 12.1. The fraction of sp³-hybridized carbons (Fsp3) is 0.684. The van der Waals surface area contributed by atoms with Gasteiger partial charge in [-0.05, 0) is 50.6 Å². The Balaban J connectivity index is 2.68. The Morgan fingerprint density at radius 2 is 2.00 bits per heavy atom. The van der Waals surface area contributed by atoms with Crippen LogP contribution in [0.25, 0.3) is 0 Å². The highest BCUT2D eigenvalue weighted by molar-refractivity contribution is 5.94. The van der Waals surface area contributed by atoms with E-state index >= 15 is 0 Å². The fourth-order valence-corrected chi connectivity index (χ4v) is 3.17. The molecule has 0 spiro atoms. The molecule has 0 radical (unpaired) electrons. The van der Waals surface area contributed by atoms with Gasteiger partial charge >= 0.3 is 0 Å². The molecule has 0 aliphatic carbocycles. The topological polar surface area (TPSA) is 68.2 Å². The van der Waals surface area contributed by atoms with Crippen LogP contribution >= 0.6 is 0 Å². The first kappa shape index (κ1) is 21.4. The largest absolute Gasteiger partial charge is 0.395 e. The number of nitrogens with zero attached hydrogens (tertiary/aromatic N) is 3. The van der Waals surface area contributed by atoms with Crippen molar-refractivity contribution >= 4 is 12.6 Å². The fourth-order valence-electron chi connectivity index (χ4n) is 3.17. The molecule has 0 aromatic carbocycles. The van der Waals surface area contributed by atoms with Crippen LogP contribution in [-0.4, -0.2) is 74.4 Å². The third-order valence-corrected chi connectivity index (χ3v) is 4.61. The molecule has 1 aliphatic heterocycles. The summed E-state index contributed by atoms with van der Waals surface area (Å²) in [5.41, 5.74) is 1.95. The lowest BCUT2D eigenvalue weighted by atomic mass is 9.96. The van der Waals surface area contributed by atoms with Gasteiger partial charge in [0.1, 0.15) is 5.70 Å². The summed E-state index contributed by atoms with van der Waals surface area (Å²) >= 11 is 0. The number of amides is 1. The molecular weight excluding hydrogens is 316 g/mol. The Kier molecular flexibility index (Phi) is 9.45. The smallest absolute Gasteiger partial charge is 0.269 e. The first-order valence-corrected chi connectivity index (χ1v) is 9.12. The van der Waals surface area contributed by atoms with Gasteiger partial charge in [0.15, 0.2) is 0 Å². The normalized spacial score (nSPS) is 17.0. The van der Waals surface area contributed by atoms with Crippen molar-refractivity contribution in [1.82, 2.24) is 15.1 Å². The predicted molar refractivity (Wildman–Crippen MR) is 104 cm³/mol. The second kappa shape index (κ2) is 11.1. The van der Waals surface area contributed by atoms with E-state index < -0.39 is 0 Å². The van der Waals surface area contributed by atoms with Crippen molar-refractivity contribution in [2.75, 3.05) is 46.9 Å². The number of aliphatic imine (C=N–C) groups is 1. The van der Waals surface area contributed by atoms with Gasteiger partial charge in [0.05, 0.1) is 12.3 Å². The van der Waals surface area contributed by atoms with E-state index in [0.717, 1.165) is 50.9 Å². The number of allylic oxidation sites excluding steroid dienone is 1. The number of carbonyl (C=O) groups is 1. The first-order valence-electron chi connectivity index (χ1n) is 9.12. The van der Waals surface area contributed by atoms with Gasteiger partial charge in [-0.1, -0.05) is 19.9 Å². The number of piperidine rings is 1. The molecule has 1 fully saturated rings. The second-order valence-corrected chi connectivity index (χ2v) is 6.82. The van der Waals surface area contributed by atoms with Crippen LogP contribution in [-0.2, 0) is 4.79 Å². The summed E-state index contributed by atoms with van der Waals surface area (Å²) in [6, 6.07) is 0. The molecule has 25 heavy (non-hydrogen) atoms. The molecule has 6 nitrogen and oxygen atoms in total. The molecule has 2 N–H and O–H groups in total. The number of aliphatic hydroxyl groups excluding tert-OH is 1. The van der Waals surface area contributed by atoms with Crippen LogP contribution < -0.4 is 5.32 Å². The van der Waals surface area contributed by atoms with Crippen LogP contribution in [0.1, 0.15) is 32.6 Å². The van der Waals surface area contributed by atoms with Crippen molar-refractivity contribution in [2.45, 2.75) is 32.6 Å². The molecule has 0 unspecified atom stereocenters. The van der Waals surface area contributed by atoms with Crippen LogP contribution in [0, 0.1) is 5.92 Å². The molecule has 1 amide bonds. The summed E-state index contributed by atoms with van der Waals surface area (Å²) < 4.78 is 0. The number of rotatable bonds is 10. The van der Waals surface area contributed by atoms with Gasteiger partial charge in [-0.2, -0.15) is 0 Å². The first-order chi connectivity index (χ1) is 11.9. The average molecular weight is 351 g/mol. The van der Waals surface area contributed by atoms with Crippen LogP contribution in [0.3, 0.4) is 0 Å². The molecule has 1 heterocycles. The number of aliphatic hydroxyl groups is 1. The van der Waals surface area contributed by atoms with Crippen molar-refractivity contribution in [3.63, 3.8) is 0 Å².